The number of hydroxylamine groups is 1. The molecule has 0 unspecified atom stereocenters. The Labute approximate surface area is 158 Å². The summed E-state index contributed by atoms with van der Waals surface area (Å²) in [6, 6.07) is 11.4. The van der Waals surface area contributed by atoms with Gasteiger partial charge in [0.05, 0.1) is 12.1 Å². The number of aromatic nitrogens is 1. The third-order valence-electron chi connectivity index (χ3n) is 4.29. The van der Waals surface area contributed by atoms with Crippen LogP contribution in [-0.2, 0) is 0 Å². The van der Waals surface area contributed by atoms with E-state index in [-0.39, 0.29) is 0 Å². The van der Waals surface area contributed by atoms with E-state index in [0.29, 0.717) is 23.8 Å². The van der Waals surface area contributed by atoms with Gasteiger partial charge in [0.2, 0.25) is 5.88 Å². The number of amidine groups is 1. The van der Waals surface area contributed by atoms with Gasteiger partial charge in [-0.3, -0.25) is 15.7 Å². The van der Waals surface area contributed by atoms with Crippen molar-refractivity contribution in [2.45, 2.75) is 17.7 Å². The Kier molecular flexibility index (Phi) is 6.88. The topological polar surface area (TPSA) is 70.0 Å². The number of para-hydroxylation sites is 1. The lowest BCUT2D eigenvalue weighted by molar-refractivity contribution is 0.234. The van der Waals surface area contributed by atoms with Gasteiger partial charge in [-0.1, -0.05) is 12.1 Å². The molecule has 26 heavy (non-hydrogen) atoms. The second-order valence-electron chi connectivity index (χ2n) is 6.00. The summed E-state index contributed by atoms with van der Waals surface area (Å²) in [5.41, 5.74) is 2.84. The van der Waals surface area contributed by atoms with Crippen LogP contribution in [0.2, 0.25) is 0 Å². The standard InChI is InChI=1S/C19H24N4O2S/c1-26-17-9-3-2-8-16(17)25-19-15(7-6-10-21-19)18(22-24)20-11-14-23-12-4-5-13-23/h2-3,6-10,24H,4-5,11-14H2,1H3,(H,20,22). The van der Waals surface area contributed by atoms with Crippen LogP contribution in [0, 0.1) is 0 Å². The first-order valence-electron chi connectivity index (χ1n) is 8.75. The van der Waals surface area contributed by atoms with Crippen LogP contribution in [0.3, 0.4) is 0 Å². The van der Waals surface area contributed by atoms with E-state index >= 15 is 0 Å². The van der Waals surface area contributed by atoms with Crippen molar-refractivity contribution in [2.24, 2.45) is 4.99 Å². The van der Waals surface area contributed by atoms with Crippen molar-refractivity contribution in [1.29, 1.82) is 0 Å². The smallest absolute Gasteiger partial charge is 0.230 e. The molecule has 2 N–H and O–H groups in total. The molecule has 7 heteroatoms. The number of benzene rings is 1. The molecular formula is C19H24N4O2S. The zero-order valence-corrected chi connectivity index (χ0v) is 15.7. The number of pyridine rings is 1. The van der Waals surface area contributed by atoms with Gasteiger partial charge in [-0.25, -0.2) is 4.98 Å². The van der Waals surface area contributed by atoms with E-state index in [1.807, 2.05) is 36.6 Å². The minimum atomic E-state index is 0.369. The van der Waals surface area contributed by atoms with Gasteiger partial charge in [-0.15, -0.1) is 11.8 Å². The molecule has 1 aromatic carbocycles. The quantitative estimate of drug-likeness (QED) is 0.336. The number of ether oxygens (including phenoxy) is 1. The van der Waals surface area contributed by atoms with Crippen LogP contribution < -0.4 is 10.2 Å². The maximum atomic E-state index is 9.58. The number of aliphatic imine (C=N–C) groups is 1. The molecule has 1 aliphatic heterocycles. The van der Waals surface area contributed by atoms with Crippen molar-refractivity contribution in [3.05, 3.63) is 48.2 Å². The van der Waals surface area contributed by atoms with E-state index in [0.717, 1.165) is 30.3 Å². The van der Waals surface area contributed by atoms with Crippen LogP contribution in [0.15, 0.2) is 52.5 Å². The van der Waals surface area contributed by atoms with Gasteiger partial charge in [-0.05, 0) is 56.5 Å². The Morgan fingerprint density at radius 2 is 2.08 bits per heavy atom. The lowest BCUT2D eigenvalue weighted by atomic mass is 10.2. The molecule has 6 nitrogen and oxygen atoms in total. The van der Waals surface area contributed by atoms with E-state index < -0.39 is 0 Å². The molecule has 0 aliphatic carbocycles. The van der Waals surface area contributed by atoms with Crippen molar-refractivity contribution in [2.75, 3.05) is 32.4 Å². The Bertz CT molecular complexity index is 748. The SMILES string of the molecule is CSc1ccccc1Oc1ncccc1C(=NCCN1CCCC1)NO. The second-order valence-corrected chi connectivity index (χ2v) is 6.85. The number of nitrogens with one attached hydrogen (secondary N) is 1. The summed E-state index contributed by atoms with van der Waals surface area (Å²) in [7, 11) is 0. The maximum Gasteiger partial charge on any atom is 0.230 e. The molecule has 2 aromatic rings. The molecule has 3 rings (SSSR count). The second kappa shape index (κ2) is 9.56. The van der Waals surface area contributed by atoms with Crippen molar-refractivity contribution in [3.63, 3.8) is 0 Å². The molecule has 1 saturated heterocycles. The fourth-order valence-electron chi connectivity index (χ4n) is 2.95. The monoisotopic (exact) mass is 372 g/mol. The molecule has 1 aliphatic rings. The third-order valence-corrected chi connectivity index (χ3v) is 5.07. The Morgan fingerprint density at radius 3 is 2.85 bits per heavy atom. The number of hydrogen-bond donors (Lipinski definition) is 2. The Morgan fingerprint density at radius 1 is 1.27 bits per heavy atom. The zero-order valence-electron chi connectivity index (χ0n) is 14.9. The van der Waals surface area contributed by atoms with E-state index in [4.69, 9.17) is 4.74 Å². The predicted molar refractivity (Wildman–Crippen MR) is 105 cm³/mol. The summed E-state index contributed by atoms with van der Waals surface area (Å²) in [6.45, 7) is 3.75. The van der Waals surface area contributed by atoms with Gasteiger partial charge >= 0.3 is 0 Å². The van der Waals surface area contributed by atoms with Gasteiger partial charge in [0.1, 0.15) is 5.75 Å². The van der Waals surface area contributed by atoms with Crippen LogP contribution in [0.5, 0.6) is 11.6 Å². The van der Waals surface area contributed by atoms with Crippen LogP contribution in [0.4, 0.5) is 0 Å². The molecule has 2 heterocycles. The summed E-state index contributed by atoms with van der Waals surface area (Å²) < 4.78 is 6.02. The van der Waals surface area contributed by atoms with E-state index in [1.165, 1.54) is 12.8 Å². The Balaban J connectivity index is 1.77. The lowest BCUT2D eigenvalue weighted by Gasteiger charge is -2.14. The van der Waals surface area contributed by atoms with Crippen molar-refractivity contribution >= 4 is 17.6 Å². The fraction of sp³-hybridized carbons (Fsp3) is 0.368. The molecule has 1 fully saturated rings. The summed E-state index contributed by atoms with van der Waals surface area (Å²) in [5.74, 6) is 1.51. The van der Waals surface area contributed by atoms with Gasteiger partial charge < -0.3 is 9.64 Å². The van der Waals surface area contributed by atoms with Gasteiger partial charge in [-0.2, -0.15) is 0 Å². The first kappa shape index (κ1) is 18.7. The first-order chi connectivity index (χ1) is 12.8. The van der Waals surface area contributed by atoms with Crippen LogP contribution >= 0.6 is 11.8 Å². The minimum Gasteiger partial charge on any atom is -0.437 e. The number of likely N-dealkylation sites (tertiary alicyclic amines) is 1. The highest BCUT2D eigenvalue weighted by Crippen LogP contribution is 2.31. The average Bonchev–Trinajstić information content (AvgIpc) is 3.20. The molecule has 0 bridgehead atoms. The fourth-order valence-corrected chi connectivity index (χ4v) is 3.48. The summed E-state index contributed by atoms with van der Waals surface area (Å²) in [5, 5.41) is 9.58. The predicted octanol–water partition coefficient (Wildman–Crippen LogP) is 3.42. The van der Waals surface area contributed by atoms with E-state index in [1.54, 1.807) is 24.0 Å². The molecule has 1 aromatic heterocycles. The lowest BCUT2D eigenvalue weighted by Crippen LogP contribution is -2.26. The third kappa shape index (κ3) is 4.75. The normalized spacial score (nSPS) is 15.2. The molecule has 0 atom stereocenters. The highest BCUT2D eigenvalue weighted by atomic mass is 32.2. The first-order valence-corrected chi connectivity index (χ1v) is 9.97. The van der Waals surface area contributed by atoms with Crippen LogP contribution in [0.1, 0.15) is 18.4 Å². The molecule has 0 spiro atoms. The number of nitrogens with zero attached hydrogens (tertiary/aromatic N) is 3. The number of thioether (sulfide) groups is 1. The molecule has 0 amide bonds. The van der Waals surface area contributed by atoms with Crippen molar-refractivity contribution in [1.82, 2.24) is 15.4 Å². The molecular weight excluding hydrogens is 348 g/mol. The minimum absolute atomic E-state index is 0.369. The zero-order chi connectivity index (χ0) is 18.2. The van der Waals surface area contributed by atoms with Gasteiger partial charge in [0.25, 0.3) is 0 Å². The number of rotatable bonds is 7. The van der Waals surface area contributed by atoms with Crippen molar-refractivity contribution < 1.29 is 9.94 Å². The van der Waals surface area contributed by atoms with Crippen LogP contribution in [0.25, 0.3) is 0 Å². The Hall–Kier alpha value is -2.09. The highest BCUT2D eigenvalue weighted by molar-refractivity contribution is 7.98. The van der Waals surface area contributed by atoms with Crippen molar-refractivity contribution in [3.8, 4) is 11.6 Å². The average molecular weight is 372 g/mol. The van der Waals surface area contributed by atoms with Gasteiger partial charge in [0.15, 0.2) is 5.84 Å². The number of hydrogen-bond acceptors (Lipinski definition) is 6. The van der Waals surface area contributed by atoms with E-state index in [2.05, 4.69) is 20.4 Å². The highest BCUT2D eigenvalue weighted by Gasteiger charge is 2.15. The van der Waals surface area contributed by atoms with Gasteiger partial charge in [0, 0.05) is 17.6 Å². The van der Waals surface area contributed by atoms with Crippen LogP contribution in [-0.4, -0.2) is 53.4 Å². The largest absolute Gasteiger partial charge is 0.437 e. The maximum absolute atomic E-state index is 9.58. The summed E-state index contributed by atoms with van der Waals surface area (Å²) in [4.78, 5) is 12.2. The summed E-state index contributed by atoms with van der Waals surface area (Å²) >= 11 is 1.61. The molecule has 0 radical (unpaired) electrons. The summed E-state index contributed by atoms with van der Waals surface area (Å²) in [6.07, 6.45) is 6.18. The van der Waals surface area contributed by atoms with E-state index in [9.17, 15) is 5.21 Å². The molecule has 138 valence electrons. The molecule has 0 saturated carbocycles.